The topological polar surface area (TPSA) is 51.3 Å². The van der Waals surface area contributed by atoms with Gasteiger partial charge in [0.25, 0.3) is 0 Å². The molecule has 1 rings (SSSR count). The SMILES string of the molecule is Cc1cnc(CN=C(N)C(C)C)s1. The van der Waals surface area contributed by atoms with E-state index in [2.05, 4.69) is 9.98 Å². The van der Waals surface area contributed by atoms with Crippen molar-refractivity contribution < 1.29 is 0 Å². The lowest BCUT2D eigenvalue weighted by molar-refractivity contribution is 0.853. The van der Waals surface area contributed by atoms with Crippen LogP contribution in [0.5, 0.6) is 0 Å². The Kier molecular flexibility index (Phi) is 3.42. The highest BCUT2D eigenvalue weighted by atomic mass is 32.1. The molecule has 0 radical (unpaired) electrons. The van der Waals surface area contributed by atoms with Crippen molar-refractivity contribution in [1.29, 1.82) is 0 Å². The van der Waals surface area contributed by atoms with Crippen LogP contribution in [-0.2, 0) is 6.54 Å². The highest BCUT2D eigenvalue weighted by molar-refractivity contribution is 7.11. The van der Waals surface area contributed by atoms with Gasteiger partial charge < -0.3 is 5.73 Å². The predicted molar refractivity (Wildman–Crippen MR) is 57.0 cm³/mol. The van der Waals surface area contributed by atoms with Crippen LogP contribution in [0.2, 0.25) is 0 Å². The Morgan fingerprint density at radius 1 is 1.69 bits per heavy atom. The summed E-state index contributed by atoms with van der Waals surface area (Å²) < 4.78 is 0. The van der Waals surface area contributed by atoms with E-state index in [1.807, 2.05) is 27.0 Å². The normalized spacial score (nSPS) is 12.5. The molecule has 2 N–H and O–H groups in total. The molecule has 1 heterocycles. The van der Waals surface area contributed by atoms with Gasteiger partial charge in [-0.25, -0.2) is 4.98 Å². The van der Waals surface area contributed by atoms with Crippen molar-refractivity contribution in [3.8, 4) is 0 Å². The minimum atomic E-state index is 0.320. The summed E-state index contributed by atoms with van der Waals surface area (Å²) in [5, 5.41) is 1.03. The average Bonchev–Trinajstić information content (AvgIpc) is 2.47. The molecule has 1 aromatic rings. The summed E-state index contributed by atoms with van der Waals surface area (Å²) in [5.41, 5.74) is 5.70. The van der Waals surface area contributed by atoms with Crippen molar-refractivity contribution in [2.24, 2.45) is 16.6 Å². The fourth-order valence-corrected chi connectivity index (χ4v) is 1.53. The van der Waals surface area contributed by atoms with E-state index in [0.717, 1.165) is 5.01 Å². The molecule has 13 heavy (non-hydrogen) atoms. The molecular weight excluding hydrogens is 182 g/mol. The quantitative estimate of drug-likeness (QED) is 0.595. The summed E-state index contributed by atoms with van der Waals surface area (Å²) >= 11 is 1.67. The van der Waals surface area contributed by atoms with Crippen LogP contribution in [0.3, 0.4) is 0 Å². The van der Waals surface area contributed by atoms with Crippen LogP contribution in [0.25, 0.3) is 0 Å². The lowest BCUT2D eigenvalue weighted by Gasteiger charge is -2.01. The number of amidine groups is 1. The zero-order chi connectivity index (χ0) is 9.84. The Morgan fingerprint density at radius 2 is 2.38 bits per heavy atom. The van der Waals surface area contributed by atoms with Gasteiger partial charge in [-0.3, -0.25) is 4.99 Å². The van der Waals surface area contributed by atoms with Gasteiger partial charge in [0, 0.05) is 17.0 Å². The monoisotopic (exact) mass is 197 g/mol. The molecule has 72 valence electrons. The number of rotatable bonds is 3. The predicted octanol–water partition coefficient (Wildman–Crippen LogP) is 1.96. The summed E-state index contributed by atoms with van der Waals surface area (Å²) in [7, 11) is 0. The Balaban J connectivity index is 2.56. The summed E-state index contributed by atoms with van der Waals surface area (Å²) in [6.07, 6.45) is 1.86. The van der Waals surface area contributed by atoms with Gasteiger partial charge in [0.05, 0.1) is 12.4 Å². The second kappa shape index (κ2) is 4.37. The Morgan fingerprint density at radius 3 is 2.85 bits per heavy atom. The molecule has 0 aromatic carbocycles. The number of nitrogens with zero attached hydrogens (tertiary/aromatic N) is 2. The van der Waals surface area contributed by atoms with Gasteiger partial charge >= 0.3 is 0 Å². The molecule has 0 saturated heterocycles. The molecule has 0 fully saturated rings. The fraction of sp³-hybridized carbons (Fsp3) is 0.556. The molecule has 0 atom stereocenters. The van der Waals surface area contributed by atoms with E-state index in [-0.39, 0.29) is 0 Å². The summed E-state index contributed by atoms with van der Waals surface area (Å²) in [6.45, 7) is 6.72. The van der Waals surface area contributed by atoms with Crippen LogP contribution >= 0.6 is 11.3 Å². The van der Waals surface area contributed by atoms with Crippen LogP contribution in [0.4, 0.5) is 0 Å². The van der Waals surface area contributed by atoms with Crippen molar-refractivity contribution >= 4 is 17.2 Å². The third kappa shape index (κ3) is 3.14. The molecule has 0 saturated carbocycles. The second-order valence-electron chi connectivity index (χ2n) is 3.26. The maximum atomic E-state index is 5.70. The molecular formula is C9H15N3S. The van der Waals surface area contributed by atoms with Crippen molar-refractivity contribution in [2.45, 2.75) is 27.3 Å². The third-order valence-corrected chi connectivity index (χ3v) is 2.56. The molecule has 3 nitrogen and oxygen atoms in total. The summed E-state index contributed by atoms with van der Waals surface area (Å²) in [4.78, 5) is 9.67. The molecule has 0 unspecified atom stereocenters. The number of hydrogen-bond donors (Lipinski definition) is 1. The zero-order valence-corrected chi connectivity index (χ0v) is 9.06. The Labute approximate surface area is 82.7 Å². The highest BCUT2D eigenvalue weighted by Gasteiger charge is 2.00. The molecule has 4 heteroatoms. The first-order chi connectivity index (χ1) is 6.09. The van der Waals surface area contributed by atoms with E-state index < -0.39 is 0 Å². The number of thiazole rings is 1. The molecule has 0 bridgehead atoms. The highest BCUT2D eigenvalue weighted by Crippen LogP contribution is 2.12. The van der Waals surface area contributed by atoms with E-state index in [9.17, 15) is 0 Å². The van der Waals surface area contributed by atoms with Gasteiger partial charge in [-0.2, -0.15) is 0 Å². The zero-order valence-electron chi connectivity index (χ0n) is 8.24. The van der Waals surface area contributed by atoms with E-state index >= 15 is 0 Å². The van der Waals surface area contributed by atoms with E-state index in [1.54, 1.807) is 11.3 Å². The Hall–Kier alpha value is -0.900. The lowest BCUT2D eigenvalue weighted by Crippen LogP contribution is -2.18. The van der Waals surface area contributed by atoms with Crippen molar-refractivity contribution in [2.75, 3.05) is 0 Å². The van der Waals surface area contributed by atoms with Gasteiger partial charge in [-0.1, -0.05) is 13.8 Å². The minimum Gasteiger partial charge on any atom is -0.387 e. The molecule has 0 aliphatic heterocycles. The standard InChI is InChI=1S/C9H15N3S/c1-6(2)9(10)12-5-8-11-4-7(3)13-8/h4,6H,5H2,1-3H3,(H2,10,12). The first-order valence-electron chi connectivity index (χ1n) is 4.30. The number of nitrogens with two attached hydrogens (primary N) is 1. The average molecular weight is 197 g/mol. The number of hydrogen-bond acceptors (Lipinski definition) is 3. The van der Waals surface area contributed by atoms with Gasteiger partial charge in [0.1, 0.15) is 5.01 Å². The molecule has 0 aliphatic rings. The number of aliphatic imine (C=N–C) groups is 1. The van der Waals surface area contributed by atoms with Crippen molar-refractivity contribution in [3.05, 3.63) is 16.1 Å². The maximum Gasteiger partial charge on any atom is 0.114 e. The van der Waals surface area contributed by atoms with Crippen LogP contribution in [0, 0.1) is 12.8 Å². The van der Waals surface area contributed by atoms with E-state index in [0.29, 0.717) is 18.3 Å². The van der Waals surface area contributed by atoms with Gasteiger partial charge in [-0.15, -0.1) is 11.3 Å². The molecule has 0 spiro atoms. The van der Waals surface area contributed by atoms with Crippen molar-refractivity contribution in [3.63, 3.8) is 0 Å². The first kappa shape index (κ1) is 10.2. The van der Waals surface area contributed by atoms with Crippen LogP contribution in [-0.4, -0.2) is 10.8 Å². The summed E-state index contributed by atoms with van der Waals surface area (Å²) in [5.74, 6) is 1.02. The lowest BCUT2D eigenvalue weighted by atomic mass is 10.2. The van der Waals surface area contributed by atoms with Crippen LogP contribution < -0.4 is 5.73 Å². The van der Waals surface area contributed by atoms with E-state index in [4.69, 9.17) is 5.73 Å². The minimum absolute atomic E-state index is 0.320. The summed E-state index contributed by atoms with van der Waals surface area (Å²) in [6, 6.07) is 0. The largest absolute Gasteiger partial charge is 0.387 e. The van der Waals surface area contributed by atoms with Crippen molar-refractivity contribution in [1.82, 2.24) is 4.98 Å². The smallest absolute Gasteiger partial charge is 0.114 e. The second-order valence-corrected chi connectivity index (χ2v) is 4.58. The third-order valence-electron chi connectivity index (χ3n) is 1.66. The van der Waals surface area contributed by atoms with Gasteiger partial charge in [0.2, 0.25) is 0 Å². The van der Waals surface area contributed by atoms with Gasteiger partial charge in [-0.05, 0) is 6.92 Å². The fourth-order valence-electron chi connectivity index (χ4n) is 0.816. The van der Waals surface area contributed by atoms with E-state index in [1.165, 1.54) is 4.88 Å². The Bertz CT molecular complexity index is 302. The van der Waals surface area contributed by atoms with Gasteiger partial charge in [0.15, 0.2) is 0 Å². The first-order valence-corrected chi connectivity index (χ1v) is 5.12. The number of aryl methyl sites for hydroxylation is 1. The maximum absolute atomic E-state index is 5.70. The van der Waals surface area contributed by atoms with Crippen LogP contribution in [0.1, 0.15) is 23.7 Å². The molecule has 0 amide bonds. The van der Waals surface area contributed by atoms with Crippen LogP contribution in [0.15, 0.2) is 11.2 Å². The molecule has 0 aliphatic carbocycles. The molecule has 1 aromatic heterocycles. The number of aromatic nitrogens is 1.